The molecule has 4 heteroatoms. The average molecular weight is 315 g/mol. The number of thiocarbonyl (C=S) groups is 2. The van der Waals surface area contributed by atoms with Crippen LogP contribution >= 0.6 is 24.4 Å². The maximum absolute atomic E-state index is 5.68. The van der Waals surface area contributed by atoms with Crippen LogP contribution in [0.4, 0.5) is 0 Å². The van der Waals surface area contributed by atoms with E-state index in [1.54, 1.807) is 7.11 Å². The standard InChI is InChI=1S/C17H17NOS2/c1-3-4-10-18-16(20)12-7-5-6-11-14(19-2)9-8-13(15(11)12)17(18)21/h5-9H,3-4,10H2,1-2H3. The highest BCUT2D eigenvalue weighted by Gasteiger charge is 2.27. The van der Waals surface area contributed by atoms with Crippen LogP contribution in [0.2, 0.25) is 0 Å². The molecule has 21 heavy (non-hydrogen) atoms. The van der Waals surface area contributed by atoms with Crippen LogP contribution in [0, 0.1) is 0 Å². The Morgan fingerprint density at radius 2 is 1.76 bits per heavy atom. The second-order valence-corrected chi connectivity index (χ2v) is 5.93. The van der Waals surface area contributed by atoms with E-state index in [9.17, 15) is 0 Å². The molecule has 0 fully saturated rings. The molecule has 0 N–H and O–H groups in total. The summed E-state index contributed by atoms with van der Waals surface area (Å²) in [5.41, 5.74) is 2.17. The number of nitrogens with zero attached hydrogens (tertiary/aromatic N) is 1. The van der Waals surface area contributed by atoms with E-state index >= 15 is 0 Å². The Kier molecular flexibility index (Phi) is 3.91. The second-order valence-electron chi connectivity index (χ2n) is 5.16. The van der Waals surface area contributed by atoms with Gasteiger partial charge in [-0.15, -0.1) is 0 Å². The Labute approximate surface area is 135 Å². The highest BCUT2D eigenvalue weighted by atomic mass is 32.1. The van der Waals surface area contributed by atoms with E-state index < -0.39 is 0 Å². The first-order valence-electron chi connectivity index (χ1n) is 7.15. The SMILES string of the molecule is CCCCN1C(=S)c2cccc3c(OC)ccc(c23)C1=S. The fraction of sp³-hybridized carbons (Fsp3) is 0.294. The minimum absolute atomic E-state index is 0.833. The first-order valence-corrected chi connectivity index (χ1v) is 7.96. The molecule has 0 radical (unpaired) electrons. The number of ether oxygens (including phenoxy) is 1. The van der Waals surface area contributed by atoms with Crippen molar-refractivity contribution in [3.8, 4) is 5.75 Å². The summed E-state index contributed by atoms with van der Waals surface area (Å²) in [7, 11) is 1.69. The third kappa shape index (κ3) is 2.23. The van der Waals surface area contributed by atoms with Gasteiger partial charge in [-0.2, -0.15) is 0 Å². The van der Waals surface area contributed by atoms with Crippen molar-refractivity contribution in [2.45, 2.75) is 19.8 Å². The van der Waals surface area contributed by atoms with Crippen molar-refractivity contribution in [1.29, 1.82) is 0 Å². The Hall–Kier alpha value is -1.52. The van der Waals surface area contributed by atoms with Crippen LogP contribution in [-0.2, 0) is 0 Å². The number of hydrogen-bond acceptors (Lipinski definition) is 3. The second kappa shape index (κ2) is 5.70. The van der Waals surface area contributed by atoms with Crippen LogP contribution in [0.15, 0.2) is 30.3 Å². The van der Waals surface area contributed by atoms with Gasteiger partial charge in [0.1, 0.15) is 15.7 Å². The molecule has 0 saturated heterocycles. The van der Waals surface area contributed by atoms with Crippen molar-refractivity contribution in [3.63, 3.8) is 0 Å². The molecule has 2 nitrogen and oxygen atoms in total. The molecule has 0 aliphatic carbocycles. The van der Waals surface area contributed by atoms with Crippen LogP contribution in [0.5, 0.6) is 5.75 Å². The van der Waals surface area contributed by atoms with Crippen molar-refractivity contribution in [2.24, 2.45) is 0 Å². The smallest absolute Gasteiger partial charge is 0.126 e. The van der Waals surface area contributed by atoms with Crippen LogP contribution in [-0.4, -0.2) is 28.5 Å². The van der Waals surface area contributed by atoms with Gasteiger partial charge in [-0.05, 0) is 18.6 Å². The van der Waals surface area contributed by atoms with Gasteiger partial charge in [-0.1, -0.05) is 56.0 Å². The van der Waals surface area contributed by atoms with Crippen LogP contribution < -0.4 is 4.74 Å². The topological polar surface area (TPSA) is 12.5 Å². The van der Waals surface area contributed by atoms with Crippen molar-refractivity contribution < 1.29 is 4.74 Å². The summed E-state index contributed by atoms with van der Waals surface area (Å²) in [5, 5.41) is 2.20. The van der Waals surface area contributed by atoms with Gasteiger partial charge in [0.25, 0.3) is 0 Å². The Morgan fingerprint density at radius 3 is 2.43 bits per heavy atom. The minimum atomic E-state index is 0.833. The van der Waals surface area contributed by atoms with Gasteiger partial charge in [0.2, 0.25) is 0 Å². The third-order valence-corrected chi connectivity index (χ3v) is 4.79. The zero-order chi connectivity index (χ0) is 15.0. The summed E-state index contributed by atoms with van der Waals surface area (Å²) in [6.07, 6.45) is 2.21. The van der Waals surface area contributed by atoms with E-state index in [4.69, 9.17) is 29.2 Å². The normalized spacial score (nSPS) is 13.9. The zero-order valence-corrected chi connectivity index (χ0v) is 13.8. The number of methoxy groups -OCH3 is 1. The fourth-order valence-corrected chi connectivity index (χ4v) is 3.58. The summed E-state index contributed by atoms with van der Waals surface area (Å²) in [6, 6.07) is 10.2. The quantitative estimate of drug-likeness (QED) is 0.779. The lowest BCUT2D eigenvalue weighted by Crippen LogP contribution is -2.39. The Bertz CT molecular complexity index is 717. The molecule has 0 unspecified atom stereocenters. The molecular formula is C17H17NOS2. The predicted octanol–water partition coefficient (Wildman–Crippen LogP) is 4.32. The number of hydrogen-bond donors (Lipinski definition) is 0. The van der Waals surface area contributed by atoms with Crippen molar-refractivity contribution in [3.05, 3.63) is 41.5 Å². The summed E-state index contributed by atoms with van der Waals surface area (Å²) < 4.78 is 5.47. The largest absolute Gasteiger partial charge is 0.496 e. The van der Waals surface area contributed by atoms with Crippen LogP contribution in [0.25, 0.3) is 10.8 Å². The summed E-state index contributed by atoms with van der Waals surface area (Å²) in [6.45, 7) is 3.06. The molecule has 0 spiro atoms. The molecule has 108 valence electrons. The lowest BCUT2D eigenvalue weighted by atomic mass is 9.94. The molecule has 1 aliphatic rings. The molecule has 3 rings (SSSR count). The van der Waals surface area contributed by atoms with E-state index in [-0.39, 0.29) is 0 Å². The number of unbranched alkanes of at least 4 members (excludes halogenated alkanes) is 1. The fourth-order valence-electron chi connectivity index (χ4n) is 2.82. The van der Waals surface area contributed by atoms with E-state index in [0.29, 0.717) is 0 Å². The maximum Gasteiger partial charge on any atom is 0.126 e. The number of benzene rings is 2. The molecule has 0 aromatic heterocycles. The highest BCUT2D eigenvalue weighted by molar-refractivity contribution is 7.82. The van der Waals surface area contributed by atoms with Crippen LogP contribution in [0.3, 0.4) is 0 Å². The monoisotopic (exact) mass is 315 g/mol. The first-order chi connectivity index (χ1) is 10.2. The summed E-state index contributed by atoms with van der Waals surface area (Å²) in [4.78, 5) is 3.76. The van der Waals surface area contributed by atoms with Crippen molar-refractivity contribution >= 4 is 45.2 Å². The van der Waals surface area contributed by atoms with E-state index in [0.717, 1.165) is 57.0 Å². The lowest BCUT2D eigenvalue weighted by molar-refractivity contribution is 0.420. The molecule has 1 aliphatic heterocycles. The predicted molar refractivity (Wildman–Crippen MR) is 95.5 cm³/mol. The molecule has 2 aromatic rings. The van der Waals surface area contributed by atoms with E-state index in [2.05, 4.69) is 24.0 Å². The summed E-state index contributed by atoms with van der Waals surface area (Å²) >= 11 is 11.4. The van der Waals surface area contributed by atoms with Gasteiger partial charge in [0, 0.05) is 28.4 Å². The molecule has 1 heterocycles. The highest BCUT2D eigenvalue weighted by Crippen LogP contribution is 2.36. The van der Waals surface area contributed by atoms with Gasteiger partial charge in [0.05, 0.1) is 7.11 Å². The lowest BCUT2D eigenvalue weighted by Gasteiger charge is -2.32. The van der Waals surface area contributed by atoms with Gasteiger partial charge in [0.15, 0.2) is 0 Å². The van der Waals surface area contributed by atoms with Gasteiger partial charge < -0.3 is 9.64 Å². The van der Waals surface area contributed by atoms with E-state index in [1.165, 1.54) is 0 Å². The molecule has 0 atom stereocenters. The Balaban J connectivity index is 2.22. The number of rotatable bonds is 4. The Morgan fingerprint density at radius 1 is 1.05 bits per heavy atom. The first kappa shape index (κ1) is 14.4. The molecular weight excluding hydrogens is 298 g/mol. The molecule has 0 saturated carbocycles. The average Bonchev–Trinajstić information content (AvgIpc) is 2.52. The minimum Gasteiger partial charge on any atom is -0.496 e. The van der Waals surface area contributed by atoms with Gasteiger partial charge >= 0.3 is 0 Å². The van der Waals surface area contributed by atoms with E-state index in [1.807, 2.05) is 18.2 Å². The molecule has 2 aromatic carbocycles. The van der Waals surface area contributed by atoms with Crippen LogP contribution in [0.1, 0.15) is 30.9 Å². The molecule has 0 amide bonds. The van der Waals surface area contributed by atoms with Gasteiger partial charge in [-0.25, -0.2) is 0 Å². The van der Waals surface area contributed by atoms with Crippen molar-refractivity contribution in [1.82, 2.24) is 4.90 Å². The van der Waals surface area contributed by atoms with Crippen molar-refractivity contribution in [2.75, 3.05) is 13.7 Å². The summed E-state index contributed by atoms with van der Waals surface area (Å²) in [5.74, 6) is 0.864. The third-order valence-electron chi connectivity index (χ3n) is 3.91. The molecule has 0 bridgehead atoms. The van der Waals surface area contributed by atoms with Gasteiger partial charge in [-0.3, -0.25) is 0 Å². The maximum atomic E-state index is 5.68. The zero-order valence-electron chi connectivity index (χ0n) is 12.2.